The molecule has 1 N–H and O–H groups in total. The Bertz CT molecular complexity index is 578. The second-order valence-corrected chi connectivity index (χ2v) is 5.53. The highest BCUT2D eigenvalue weighted by Gasteiger charge is 2.38. The molecule has 2 atom stereocenters. The maximum absolute atomic E-state index is 11.6. The molecule has 1 aromatic carbocycles. The summed E-state index contributed by atoms with van der Waals surface area (Å²) in [5.41, 5.74) is 0.606. The van der Waals surface area contributed by atoms with E-state index in [4.69, 9.17) is 9.47 Å². The molecule has 1 saturated heterocycles. The van der Waals surface area contributed by atoms with Crippen LogP contribution in [-0.4, -0.2) is 31.1 Å². The first-order valence-corrected chi connectivity index (χ1v) is 7.11. The van der Waals surface area contributed by atoms with Gasteiger partial charge in [-0.2, -0.15) is 0 Å². The fraction of sp³-hybridized carbons (Fsp3) is 0.462. The first kappa shape index (κ1) is 15.6. The van der Waals surface area contributed by atoms with E-state index < -0.39 is 12.1 Å². The molecule has 2 rings (SSSR count). The second-order valence-electron chi connectivity index (χ2n) is 4.67. The summed E-state index contributed by atoms with van der Waals surface area (Å²) in [7, 11) is 2.99. The van der Waals surface area contributed by atoms with Crippen LogP contribution in [0.25, 0.3) is 0 Å². The van der Waals surface area contributed by atoms with Crippen LogP contribution in [0.15, 0.2) is 16.6 Å². The van der Waals surface area contributed by atoms with E-state index in [-0.39, 0.29) is 23.7 Å². The summed E-state index contributed by atoms with van der Waals surface area (Å²) in [5.74, 6) is 0.758. The number of carbonyl (C=O) groups excluding carboxylic acids is 1. The molecule has 0 unspecified atom stereocenters. The molecular weight excluding hydrogens is 344 g/mol. The molecule has 1 fully saturated rings. The van der Waals surface area contributed by atoms with E-state index in [9.17, 15) is 14.9 Å². The van der Waals surface area contributed by atoms with E-state index in [0.717, 1.165) is 0 Å². The first-order chi connectivity index (χ1) is 9.97. The molecule has 8 heteroatoms. The molecule has 1 aliphatic heterocycles. The van der Waals surface area contributed by atoms with Crippen LogP contribution in [0.3, 0.4) is 0 Å². The van der Waals surface area contributed by atoms with Crippen LogP contribution in [0.5, 0.6) is 11.5 Å². The molecule has 1 aliphatic rings. The minimum absolute atomic E-state index is 0.163. The van der Waals surface area contributed by atoms with Gasteiger partial charge in [-0.05, 0) is 33.6 Å². The number of piperidine rings is 1. The lowest BCUT2D eigenvalue weighted by molar-refractivity contribution is -0.529. The summed E-state index contributed by atoms with van der Waals surface area (Å²) in [6, 6.07) is 1.81. The van der Waals surface area contributed by atoms with Crippen molar-refractivity contribution in [3.05, 3.63) is 32.3 Å². The third kappa shape index (κ3) is 3.10. The minimum Gasteiger partial charge on any atom is -0.493 e. The molecule has 1 heterocycles. The van der Waals surface area contributed by atoms with Crippen LogP contribution in [0.2, 0.25) is 0 Å². The molecule has 0 spiro atoms. The quantitative estimate of drug-likeness (QED) is 0.657. The molecule has 0 bridgehead atoms. The summed E-state index contributed by atoms with van der Waals surface area (Å²) in [4.78, 5) is 22.4. The predicted octanol–water partition coefficient (Wildman–Crippen LogP) is 2.06. The van der Waals surface area contributed by atoms with Crippen molar-refractivity contribution < 1.29 is 19.2 Å². The number of nitrogens with zero attached hydrogens (tertiary/aromatic N) is 1. The van der Waals surface area contributed by atoms with E-state index in [1.807, 2.05) is 0 Å². The van der Waals surface area contributed by atoms with E-state index in [1.165, 1.54) is 14.2 Å². The van der Waals surface area contributed by atoms with Gasteiger partial charge in [0.1, 0.15) is 6.04 Å². The van der Waals surface area contributed by atoms with E-state index >= 15 is 0 Å². The Hall–Kier alpha value is -1.83. The maximum atomic E-state index is 11.6. The zero-order chi connectivity index (χ0) is 15.6. The minimum atomic E-state index is -0.854. The van der Waals surface area contributed by atoms with E-state index in [0.29, 0.717) is 21.5 Å². The molecule has 0 radical (unpaired) electrons. The number of methoxy groups -OCH3 is 2. The van der Waals surface area contributed by atoms with Crippen LogP contribution in [-0.2, 0) is 4.79 Å². The topological polar surface area (TPSA) is 90.7 Å². The summed E-state index contributed by atoms with van der Waals surface area (Å²) < 4.78 is 11.1. The van der Waals surface area contributed by atoms with Gasteiger partial charge in [0, 0.05) is 17.8 Å². The predicted molar refractivity (Wildman–Crippen MR) is 78.1 cm³/mol. The number of ether oxygens (including phenoxy) is 2. The summed E-state index contributed by atoms with van der Waals surface area (Å²) in [5, 5.41) is 13.9. The van der Waals surface area contributed by atoms with E-state index in [1.54, 1.807) is 12.1 Å². The normalized spacial score (nSPS) is 21.6. The Kier molecular flexibility index (Phi) is 4.66. The van der Waals surface area contributed by atoms with Crippen LogP contribution >= 0.6 is 15.9 Å². The van der Waals surface area contributed by atoms with Crippen LogP contribution < -0.4 is 14.8 Å². The van der Waals surface area contributed by atoms with Crippen molar-refractivity contribution in [2.45, 2.75) is 24.9 Å². The van der Waals surface area contributed by atoms with Crippen molar-refractivity contribution in [3.8, 4) is 11.5 Å². The zero-order valence-electron chi connectivity index (χ0n) is 11.6. The Morgan fingerprint density at radius 2 is 2.10 bits per heavy atom. The number of carbonyl (C=O) groups is 1. The van der Waals surface area contributed by atoms with Crippen molar-refractivity contribution in [1.29, 1.82) is 0 Å². The fourth-order valence-corrected chi connectivity index (χ4v) is 3.06. The standard InChI is InChI=1S/C13H15BrN2O5/c1-20-10-6-7(5-8(14)13(10)21-2)12-9(16(18)19)3-4-11(17)15-12/h5-6,9,12H,3-4H2,1-2H3,(H,15,17)/t9-,12+/m1/s1. The van der Waals surface area contributed by atoms with Gasteiger partial charge in [-0.1, -0.05) is 0 Å². The highest BCUT2D eigenvalue weighted by atomic mass is 79.9. The van der Waals surface area contributed by atoms with Crippen LogP contribution in [0, 0.1) is 10.1 Å². The summed E-state index contributed by atoms with van der Waals surface area (Å²) >= 11 is 3.35. The Morgan fingerprint density at radius 3 is 2.67 bits per heavy atom. The van der Waals surface area contributed by atoms with Crippen molar-refractivity contribution in [2.75, 3.05) is 14.2 Å². The number of halogens is 1. The highest BCUT2D eigenvalue weighted by molar-refractivity contribution is 9.10. The fourth-order valence-electron chi connectivity index (χ4n) is 2.44. The number of hydrogen-bond acceptors (Lipinski definition) is 5. The molecule has 7 nitrogen and oxygen atoms in total. The number of benzene rings is 1. The summed E-state index contributed by atoms with van der Waals surface area (Å²) in [6.45, 7) is 0. The zero-order valence-corrected chi connectivity index (χ0v) is 13.2. The van der Waals surface area contributed by atoms with Gasteiger partial charge in [0.15, 0.2) is 11.5 Å². The molecule has 21 heavy (non-hydrogen) atoms. The lowest BCUT2D eigenvalue weighted by Gasteiger charge is -2.27. The molecule has 1 aromatic rings. The largest absolute Gasteiger partial charge is 0.493 e. The van der Waals surface area contributed by atoms with Crippen LogP contribution in [0.1, 0.15) is 24.4 Å². The number of rotatable bonds is 4. The van der Waals surface area contributed by atoms with Gasteiger partial charge in [0.2, 0.25) is 11.9 Å². The van der Waals surface area contributed by atoms with Gasteiger partial charge in [-0.3, -0.25) is 14.9 Å². The number of hydrogen-bond donors (Lipinski definition) is 1. The maximum Gasteiger partial charge on any atom is 0.237 e. The lowest BCUT2D eigenvalue weighted by Crippen LogP contribution is -2.45. The lowest BCUT2D eigenvalue weighted by atomic mass is 9.92. The van der Waals surface area contributed by atoms with Crippen molar-refractivity contribution in [1.82, 2.24) is 5.32 Å². The molecule has 0 aromatic heterocycles. The van der Waals surface area contributed by atoms with Gasteiger partial charge in [-0.25, -0.2) is 0 Å². The molecule has 0 aliphatic carbocycles. The number of nitro groups is 1. The highest BCUT2D eigenvalue weighted by Crippen LogP contribution is 2.39. The Morgan fingerprint density at radius 1 is 1.38 bits per heavy atom. The smallest absolute Gasteiger partial charge is 0.237 e. The number of amides is 1. The average molecular weight is 359 g/mol. The van der Waals surface area contributed by atoms with Crippen molar-refractivity contribution >= 4 is 21.8 Å². The van der Waals surface area contributed by atoms with Gasteiger partial charge in [0.05, 0.1) is 18.7 Å². The SMILES string of the molecule is COc1cc([C@@H]2NC(=O)CC[C@H]2[N+](=O)[O-])cc(Br)c1OC. The Labute approximate surface area is 129 Å². The third-order valence-electron chi connectivity index (χ3n) is 3.45. The number of nitrogens with one attached hydrogen (secondary N) is 1. The Balaban J connectivity index is 2.45. The van der Waals surface area contributed by atoms with Gasteiger partial charge in [0.25, 0.3) is 0 Å². The third-order valence-corrected chi connectivity index (χ3v) is 4.04. The second kappa shape index (κ2) is 6.30. The van der Waals surface area contributed by atoms with Crippen molar-refractivity contribution in [2.24, 2.45) is 0 Å². The molecule has 114 valence electrons. The average Bonchev–Trinajstić information content (AvgIpc) is 2.45. The van der Waals surface area contributed by atoms with Crippen molar-refractivity contribution in [3.63, 3.8) is 0 Å². The summed E-state index contributed by atoms with van der Waals surface area (Å²) in [6.07, 6.45) is 0.381. The molecule has 1 amide bonds. The first-order valence-electron chi connectivity index (χ1n) is 6.32. The van der Waals surface area contributed by atoms with Gasteiger partial charge in [-0.15, -0.1) is 0 Å². The molecule has 0 saturated carbocycles. The van der Waals surface area contributed by atoms with Gasteiger partial charge >= 0.3 is 0 Å². The van der Waals surface area contributed by atoms with Gasteiger partial charge < -0.3 is 14.8 Å². The van der Waals surface area contributed by atoms with E-state index in [2.05, 4.69) is 21.2 Å². The monoisotopic (exact) mass is 358 g/mol. The molecular formula is C13H15BrN2O5. The van der Waals surface area contributed by atoms with Crippen LogP contribution in [0.4, 0.5) is 0 Å².